The average Bonchev–Trinajstić information content (AvgIpc) is 3.30. The van der Waals surface area contributed by atoms with Crippen molar-refractivity contribution in [2.75, 3.05) is 11.4 Å². The summed E-state index contributed by atoms with van der Waals surface area (Å²) >= 11 is 19.7. The minimum Gasteiger partial charge on any atom is -0.508 e. The molecule has 0 bridgehead atoms. The number of aliphatic hydroxyl groups excluding tert-OH is 1. The molecule has 1 aliphatic heterocycles. The number of hydrogen-bond acceptors (Lipinski definition) is 6. The zero-order chi connectivity index (χ0) is 22.3. The topological polar surface area (TPSA) is 99.1 Å². The van der Waals surface area contributed by atoms with Crippen molar-refractivity contribution in [2.45, 2.75) is 6.10 Å². The van der Waals surface area contributed by atoms with E-state index in [4.69, 9.17) is 39.5 Å². The molecule has 0 saturated carbocycles. The minimum atomic E-state index is -1.12. The van der Waals surface area contributed by atoms with Crippen LogP contribution < -0.4 is 15.0 Å². The van der Waals surface area contributed by atoms with E-state index in [1.165, 1.54) is 41.7 Å². The van der Waals surface area contributed by atoms with E-state index in [1.54, 1.807) is 12.1 Å². The number of phenols is 1. The molecule has 0 spiro atoms. The minimum absolute atomic E-state index is 0.0650. The van der Waals surface area contributed by atoms with Crippen LogP contribution in [-0.4, -0.2) is 28.7 Å². The number of nitrogens with zero attached hydrogens (tertiary/aromatic N) is 1. The van der Waals surface area contributed by atoms with Crippen LogP contribution in [0.25, 0.3) is 0 Å². The summed E-state index contributed by atoms with van der Waals surface area (Å²) in [4.78, 5) is 25.2. The lowest BCUT2D eigenvalue weighted by Crippen LogP contribution is -2.30. The maximum Gasteiger partial charge on any atom is 0.329 e. The number of imide groups is 1. The number of halogens is 3. The first-order valence-corrected chi connectivity index (χ1v) is 10.7. The molecule has 1 aromatic heterocycles. The van der Waals surface area contributed by atoms with Crippen molar-refractivity contribution in [3.63, 3.8) is 0 Å². The predicted molar refractivity (Wildman–Crippen MR) is 119 cm³/mol. The van der Waals surface area contributed by atoms with Crippen LogP contribution in [0.15, 0.2) is 42.5 Å². The second-order valence-electron chi connectivity index (χ2n) is 6.49. The molecule has 1 unspecified atom stereocenters. The summed E-state index contributed by atoms with van der Waals surface area (Å²) in [5, 5.41) is 23.3. The molecule has 4 rings (SSSR count). The average molecular weight is 500 g/mol. The largest absolute Gasteiger partial charge is 0.508 e. The smallest absolute Gasteiger partial charge is 0.329 e. The van der Waals surface area contributed by atoms with Crippen LogP contribution >= 0.6 is 46.1 Å². The van der Waals surface area contributed by atoms with Gasteiger partial charge in [-0.05, 0) is 42.5 Å². The second-order valence-corrected chi connectivity index (χ2v) is 9.05. The number of amides is 3. The summed E-state index contributed by atoms with van der Waals surface area (Å²) in [6.45, 7) is -0.111. The Morgan fingerprint density at radius 2 is 1.77 bits per heavy atom. The van der Waals surface area contributed by atoms with Gasteiger partial charge in [-0.15, -0.1) is 11.3 Å². The van der Waals surface area contributed by atoms with Crippen molar-refractivity contribution in [3.05, 3.63) is 67.3 Å². The number of aromatic hydroxyl groups is 1. The van der Waals surface area contributed by atoms with Crippen LogP contribution in [0.5, 0.6) is 17.2 Å². The predicted octanol–water partition coefficient (Wildman–Crippen LogP) is 5.34. The Kier molecular flexibility index (Phi) is 6.00. The molecule has 0 aliphatic carbocycles. The van der Waals surface area contributed by atoms with E-state index < -0.39 is 18.0 Å². The van der Waals surface area contributed by atoms with Gasteiger partial charge in [-0.25, -0.2) is 9.69 Å². The number of carbonyl (C=O) groups excluding carboxylic acids is 2. The van der Waals surface area contributed by atoms with Crippen molar-refractivity contribution in [3.8, 4) is 17.2 Å². The summed E-state index contributed by atoms with van der Waals surface area (Å²) in [5.41, 5.74) is 0.415. The Labute approximate surface area is 195 Å². The number of ether oxygens (including phenoxy) is 1. The summed E-state index contributed by atoms with van der Waals surface area (Å²) < 4.78 is 6.29. The van der Waals surface area contributed by atoms with Crippen LogP contribution in [0.1, 0.15) is 16.5 Å². The number of nitrogens with one attached hydrogen (secondary N) is 1. The molecule has 0 radical (unpaired) electrons. The fraction of sp³-hybridized carbons (Fsp3) is 0.100. The fourth-order valence-electron chi connectivity index (χ4n) is 3.02. The van der Waals surface area contributed by atoms with E-state index in [2.05, 4.69) is 5.32 Å². The fourth-order valence-corrected chi connectivity index (χ4v) is 4.64. The van der Waals surface area contributed by atoms with Crippen LogP contribution in [0.3, 0.4) is 0 Å². The summed E-state index contributed by atoms with van der Waals surface area (Å²) in [6.07, 6.45) is -1.12. The van der Waals surface area contributed by atoms with Gasteiger partial charge in [0.2, 0.25) is 0 Å². The van der Waals surface area contributed by atoms with E-state index in [-0.39, 0.29) is 45.1 Å². The molecule has 160 valence electrons. The highest BCUT2D eigenvalue weighted by Gasteiger charge is 2.31. The van der Waals surface area contributed by atoms with Crippen LogP contribution in [0.2, 0.25) is 14.4 Å². The number of aliphatic hydroxyl groups is 1. The first kappa shape index (κ1) is 21.7. The lowest BCUT2D eigenvalue weighted by Gasteiger charge is -2.17. The van der Waals surface area contributed by atoms with Crippen LogP contribution in [0.4, 0.5) is 10.5 Å². The zero-order valence-electron chi connectivity index (χ0n) is 15.4. The normalized spacial score (nSPS) is 14.6. The van der Waals surface area contributed by atoms with Crippen LogP contribution in [-0.2, 0) is 4.79 Å². The number of benzene rings is 2. The van der Waals surface area contributed by atoms with Crippen LogP contribution in [0, 0.1) is 0 Å². The number of phenolic OH excluding ortho intramolecular Hbond substituents is 1. The maximum atomic E-state index is 11.9. The van der Waals surface area contributed by atoms with Crippen molar-refractivity contribution >= 4 is 63.8 Å². The van der Waals surface area contributed by atoms with Crippen molar-refractivity contribution < 1.29 is 24.5 Å². The monoisotopic (exact) mass is 498 g/mol. The molecule has 7 nitrogen and oxygen atoms in total. The lowest BCUT2D eigenvalue weighted by molar-refractivity contribution is -0.115. The summed E-state index contributed by atoms with van der Waals surface area (Å²) in [5.74, 6) is -0.224. The molecule has 1 fully saturated rings. The van der Waals surface area contributed by atoms with Gasteiger partial charge in [0.15, 0.2) is 5.75 Å². The second kappa shape index (κ2) is 8.57. The first-order valence-electron chi connectivity index (χ1n) is 8.78. The molecular formula is C20H13Cl3N2O5S. The molecule has 1 atom stereocenters. The van der Waals surface area contributed by atoms with Crippen molar-refractivity contribution in [2.24, 2.45) is 0 Å². The van der Waals surface area contributed by atoms with Crippen molar-refractivity contribution in [1.29, 1.82) is 0 Å². The highest BCUT2D eigenvalue weighted by molar-refractivity contribution is 7.16. The van der Waals surface area contributed by atoms with E-state index in [0.29, 0.717) is 9.21 Å². The van der Waals surface area contributed by atoms with E-state index >= 15 is 0 Å². The quantitative estimate of drug-likeness (QED) is 0.411. The van der Waals surface area contributed by atoms with Gasteiger partial charge in [-0.2, -0.15) is 0 Å². The van der Waals surface area contributed by atoms with Gasteiger partial charge in [-0.3, -0.25) is 4.79 Å². The van der Waals surface area contributed by atoms with Gasteiger partial charge in [0.05, 0.1) is 26.6 Å². The Bertz CT molecular complexity index is 1160. The highest BCUT2D eigenvalue weighted by atomic mass is 35.5. The van der Waals surface area contributed by atoms with Gasteiger partial charge in [0, 0.05) is 10.4 Å². The maximum absolute atomic E-state index is 11.9. The number of rotatable bonds is 5. The van der Waals surface area contributed by atoms with E-state index in [1.807, 2.05) is 0 Å². The SMILES string of the molecule is O=C1CNC(=O)N1c1cc(Cl)c(Oc2ccc(O)c(C(O)c3ccc(Cl)s3)c2)c(Cl)c1. The van der Waals surface area contributed by atoms with E-state index in [9.17, 15) is 19.8 Å². The molecule has 2 aromatic carbocycles. The third-order valence-electron chi connectivity index (χ3n) is 4.46. The van der Waals surface area contributed by atoms with Gasteiger partial charge in [0.1, 0.15) is 17.6 Å². The molecule has 1 saturated heterocycles. The standard InChI is InChI=1S/C20H13Cl3N2O5S/c21-12-5-9(25-17(27)8-24-20(25)29)6-13(22)19(12)30-10-1-2-14(26)11(7-10)18(28)15-3-4-16(23)31-15/h1-7,18,26,28H,8H2,(H,24,29). The first-order chi connectivity index (χ1) is 14.7. The number of anilines is 1. The molecule has 11 heteroatoms. The highest BCUT2D eigenvalue weighted by Crippen LogP contribution is 2.42. The number of carbonyl (C=O) groups is 2. The molecule has 2 heterocycles. The van der Waals surface area contributed by atoms with Gasteiger partial charge >= 0.3 is 6.03 Å². The Hall–Kier alpha value is -2.49. The molecule has 1 aliphatic rings. The zero-order valence-corrected chi connectivity index (χ0v) is 18.5. The summed E-state index contributed by atoms with van der Waals surface area (Å²) in [6, 6.07) is 9.80. The molecule has 3 N–H and O–H groups in total. The van der Waals surface area contributed by atoms with Crippen molar-refractivity contribution in [1.82, 2.24) is 5.32 Å². The molecular weight excluding hydrogens is 487 g/mol. The summed E-state index contributed by atoms with van der Waals surface area (Å²) in [7, 11) is 0. The molecule has 3 aromatic rings. The van der Waals surface area contributed by atoms with Gasteiger partial charge in [-0.1, -0.05) is 34.8 Å². The third kappa shape index (κ3) is 4.30. The third-order valence-corrected chi connectivity index (χ3v) is 6.31. The van der Waals surface area contributed by atoms with E-state index in [0.717, 1.165) is 4.90 Å². The Morgan fingerprint density at radius 3 is 2.35 bits per heavy atom. The lowest BCUT2D eigenvalue weighted by atomic mass is 10.1. The Morgan fingerprint density at radius 1 is 1.06 bits per heavy atom. The number of hydrogen-bond donors (Lipinski definition) is 3. The Balaban J connectivity index is 1.64. The molecule has 31 heavy (non-hydrogen) atoms. The van der Waals surface area contributed by atoms with Gasteiger partial charge < -0.3 is 20.3 Å². The van der Waals surface area contributed by atoms with Gasteiger partial charge in [0.25, 0.3) is 5.91 Å². The molecule has 3 amide bonds. The number of urea groups is 1. The number of thiophene rings is 1.